The summed E-state index contributed by atoms with van der Waals surface area (Å²) in [6.07, 6.45) is 1.25. The van der Waals surface area contributed by atoms with Gasteiger partial charge in [0.15, 0.2) is 0 Å². The van der Waals surface area contributed by atoms with E-state index < -0.39 is 0 Å². The van der Waals surface area contributed by atoms with Gasteiger partial charge in [0, 0.05) is 0 Å². The maximum absolute atomic E-state index is 2.12. The minimum Gasteiger partial charge on any atom is -0.412 e. The van der Waals surface area contributed by atoms with Crippen LogP contribution in [0.1, 0.15) is 25.8 Å². The molecule has 0 atom stereocenters. The zero-order valence-electron chi connectivity index (χ0n) is 7.59. The summed E-state index contributed by atoms with van der Waals surface area (Å²) >= 11 is 0. The largest absolute Gasteiger partial charge is 0.412 e. The third-order valence-electron chi connectivity index (χ3n) is 0.940. The fourth-order valence-electron chi connectivity index (χ4n) is 0.534. The Morgan fingerprint density at radius 2 is 1.36 bits per heavy atom. The molecule has 0 radical (unpaired) electrons. The molecule has 0 fully saturated rings. The molecular formula is C10H18O. The van der Waals surface area contributed by atoms with E-state index in [0.29, 0.717) is 0 Å². The second-order valence-electron chi connectivity index (χ2n) is 2.36. The van der Waals surface area contributed by atoms with Gasteiger partial charge in [-0.05, 0) is 6.92 Å². The van der Waals surface area contributed by atoms with Crippen molar-refractivity contribution in [1.29, 1.82) is 0 Å². The van der Waals surface area contributed by atoms with Gasteiger partial charge in [-0.25, -0.2) is 0 Å². The molecule has 0 saturated carbocycles. The number of aryl methyl sites for hydroxylation is 1. The summed E-state index contributed by atoms with van der Waals surface area (Å²) in [6.45, 7) is 6.33. The van der Waals surface area contributed by atoms with Crippen molar-refractivity contribution >= 4 is 0 Å². The second kappa shape index (κ2) is 9.18. The molecule has 0 spiro atoms. The van der Waals surface area contributed by atoms with Crippen molar-refractivity contribution in [3.8, 4) is 0 Å². The average molecular weight is 154 g/mol. The predicted molar refractivity (Wildman–Crippen MR) is 50.8 cm³/mol. The minimum atomic E-state index is 0. The van der Waals surface area contributed by atoms with Gasteiger partial charge >= 0.3 is 0 Å². The molecule has 0 unspecified atom stereocenters. The van der Waals surface area contributed by atoms with E-state index in [0.717, 1.165) is 0 Å². The van der Waals surface area contributed by atoms with E-state index >= 15 is 0 Å². The van der Waals surface area contributed by atoms with Crippen LogP contribution in [0.5, 0.6) is 0 Å². The number of hydrogen-bond acceptors (Lipinski definition) is 0. The molecule has 0 aliphatic carbocycles. The van der Waals surface area contributed by atoms with E-state index in [1.807, 2.05) is 18.2 Å². The van der Waals surface area contributed by atoms with Gasteiger partial charge in [0.1, 0.15) is 0 Å². The Kier molecular flexibility index (Phi) is 10.7. The Balaban J connectivity index is 0. The molecule has 64 valence electrons. The highest BCUT2D eigenvalue weighted by Gasteiger charge is 1.72. The lowest BCUT2D eigenvalue weighted by molar-refractivity contribution is 0.824. The van der Waals surface area contributed by atoms with Gasteiger partial charge in [0.05, 0.1) is 0 Å². The number of hydrogen-bond donors (Lipinski definition) is 0. The molecule has 0 aliphatic heterocycles. The highest BCUT2D eigenvalue weighted by molar-refractivity contribution is 5.11. The predicted octanol–water partition coefficient (Wildman–Crippen LogP) is 2.59. The van der Waals surface area contributed by atoms with Crippen LogP contribution in [0.3, 0.4) is 0 Å². The maximum atomic E-state index is 2.12. The van der Waals surface area contributed by atoms with Gasteiger partial charge < -0.3 is 5.48 Å². The summed E-state index contributed by atoms with van der Waals surface area (Å²) < 4.78 is 0. The lowest BCUT2D eigenvalue weighted by Crippen LogP contribution is -1.62. The third-order valence-corrected chi connectivity index (χ3v) is 0.940. The van der Waals surface area contributed by atoms with E-state index in [-0.39, 0.29) is 5.48 Å². The van der Waals surface area contributed by atoms with Crippen molar-refractivity contribution in [3.63, 3.8) is 0 Å². The molecular weight excluding hydrogens is 136 g/mol. The Morgan fingerprint density at radius 3 is 1.55 bits per heavy atom. The summed E-state index contributed by atoms with van der Waals surface area (Å²) in [5, 5.41) is 0. The number of rotatable bonds is 0. The van der Waals surface area contributed by atoms with Crippen LogP contribution in [0.25, 0.3) is 0 Å². The van der Waals surface area contributed by atoms with Crippen molar-refractivity contribution in [2.75, 3.05) is 0 Å². The van der Waals surface area contributed by atoms with Crippen LogP contribution in [0.2, 0.25) is 0 Å². The lowest BCUT2D eigenvalue weighted by Gasteiger charge is -1.82. The summed E-state index contributed by atoms with van der Waals surface area (Å²) in [5.41, 5.74) is 1.32. The van der Waals surface area contributed by atoms with Crippen LogP contribution in [-0.4, -0.2) is 5.48 Å². The van der Waals surface area contributed by atoms with Gasteiger partial charge in [-0.2, -0.15) is 0 Å². The van der Waals surface area contributed by atoms with E-state index in [1.165, 1.54) is 12.0 Å². The first kappa shape index (κ1) is 12.8. The van der Waals surface area contributed by atoms with Gasteiger partial charge in [-0.15, -0.1) is 0 Å². The highest BCUT2D eigenvalue weighted by atomic mass is 16.0. The normalized spacial score (nSPS) is 7.18. The molecule has 1 aromatic carbocycles. The van der Waals surface area contributed by atoms with E-state index in [4.69, 9.17) is 0 Å². The lowest BCUT2D eigenvalue weighted by atomic mass is 10.2. The second-order valence-corrected chi connectivity index (χ2v) is 2.36. The first-order valence-electron chi connectivity index (χ1n) is 3.82. The molecule has 1 aromatic rings. The standard InChI is InChI=1S/C7H8.C3H8.H2O/c1-7-5-3-2-4-6-7;1-3-2;/h2-6H,1H3;3H2,1-2H3;1H2. The molecule has 1 rings (SSSR count). The minimum absolute atomic E-state index is 0. The van der Waals surface area contributed by atoms with Crippen LogP contribution in [0.4, 0.5) is 0 Å². The van der Waals surface area contributed by atoms with Gasteiger partial charge in [0.25, 0.3) is 0 Å². The third kappa shape index (κ3) is 9.18. The van der Waals surface area contributed by atoms with Crippen molar-refractivity contribution in [3.05, 3.63) is 35.9 Å². The Labute approximate surface area is 69.4 Å². The molecule has 2 N–H and O–H groups in total. The van der Waals surface area contributed by atoms with Crippen LogP contribution in [0, 0.1) is 6.92 Å². The summed E-state index contributed by atoms with van der Waals surface area (Å²) in [7, 11) is 0. The van der Waals surface area contributed by atoms with Crippen molar-refractivity contribution in [2.24, 2.45) is 0 Å². The Bertz CT molecular complexity index is 146. The molecule has 0 heterocycles. The van der Waals surface area contributed by atoms with E-state index in [1.54, 1.807) is 0 Å². The molecule has 0 aliphatic rings. The van der Waals surface area contributed by atoms with E-state index in [2.05, 4.69) is 32.9 Å². The maximum Gasteiger partial charge on any atom is -0.0398 e. The van der Waals surface area contributed by atoms with Crippen molar-refractivity contribution in [1.82, 2.24) is 0 Å². The van der Waals surface area contributed by atoms with Crippen molar-refractivity contribution < 1.29 is 5.48 Å². The Hall–Kier alpha value is -0.820. The molecule has 0 amide bonds. The molecule has 0 saturated heterocycles. The topological polar surface area (TPSA) is 31.5 Å². The monoisotopic (exact) mass is 154 g/mol. The zero-order chi connectivity index (χ0) is 7.82. The molecule has 1 nitrogen and oxygen atoms in total. The molecule has 11 heavy (non-hydrogen) atoms. The van der Waals surface area contributed by atoms with Crippen molar-refractivity contribution in [2.45, 2.75) is 27.2 Å². The van der Waals surface area contributed by atoms with Crippen LogP contribution < -0.4 is 0 Å². The van der Waals surface area contributed by atoms with Crippen LogP contribution >= 0.6 is 0 Å². The fourth-order valence-corrected chi connectivity index (χ4v) is 0.534. The SMILES string of the molecule is CCC.Cc1ccccc1.O. The summed E-state index contributed by atoms with van der Waals surface area (Å²) in [6, 6.07) is 10.3. The first-order valence-corrected chi connectivity index (χ1v) is 3.82. The highest BCUT2D eigenvalue weighted by Crippen LogP contribution is 1.92. The Morgan fingerprint density at radius 1 is 1.00 bits per heavy atom. The van der Waals surface area contributed by atoms with Gasteiger partial charge in [-0.3, -0.25) is 0 Å². The first-order chi connectivity index (χ1) is 4.81. The molecule has 0 bridgehead atoms. The summed E-state index contributed by atoms with van der Waals surface area (Å²) in [5.74, 6) is 0. The van der Waals surface area contributed by atoms with Gasteiger partial charge in [-0.1, -0.05) is 56.2 Å². The van der Waals surface area contributed by atoms with E-state index in [9.17, 15) is 0 Å². The van der Waals surface area contributed by atoms with Crippen LogP contribution in [0.15, 0.2) is 30.3 Å². The summed E-state index contributed by atoms with van der Waals surface area (Å²) in [4.78, 5) is 0. The quantitative estimate of drug-likeness (QED) is 0.550. The number of benzene rings is 1. The molecule has 0 aromatic heterocycles. The fraction of sp³-hybridized carbons (Fsp3) is 0.400. The zero-order valence-corrected chi connectivity index (χ0v) is 7.59. The average Bonchev–Trinajstić information content (AvgIpc) is 1.91. The smallest absolute Gasteiger partial charge is 0.0398 e. The molecule has 1 heteroatoms. The van der Waals surface area contributed by atoms with Crippen LogP contribution in [-0.2, 0) is 0 Å². The van der Waals surface area contributed by atoms with Gasteiger partial charge in [0.2, 0.25) is 0 Å².